The first-order valence-corrected chi connectivity index (χ1v) is 7.19. The Balaban J connectivity index is 1.77. The van der Waals surface area contributed by atoms with E-state index in [1.165, 1.54) is 10.7 Å². The van der Waals surface area contributed by atoms with Crippen LogP contribution in [0, 0.1) is 10.1 Å². The van der Waals surface area contributed by atoms with E-state index in [9.17, 15) is 15.2 Å². The van der Waals surface area contributed by atoms with Crippen molar-refractivity contribution in [3.05, 3.63) is 28.4 Å². The Morgan fingerprint density at radius 1 is 1.36 bits per heavy atom. The van der Waals surface area contributed by atoms with E-state index in [2.05, 4.69) is 19.9 Å². The molecular formula is C13H18N6O3. The molecule has 22 heavy (non-hydrogen) atoms. The van der Waals surface area contributed by atoms with Gasteiger partial charge in [-0.3, -0.25) is 4.90 Å². The van der Waals surface area contributed by atoms with E-state index in [4.69, 9.17) is 0 Å². The lowest BCUT2D eigenvalue weighted by Gasteiger charge is -2.35. The van der Waals surface area contributed by atoms with Crippen molar-refractivity contribution in [3.63, 3.8) is 0 Å². The summed E-state index contributed by atoms with van der Waals surface area (Å²) >= 11 is 0. The number of piperazine rings is 1. The Bertz CT molecular complexity index is 677. The zero-order valence-corrected chi connectivity index (χ0v) is 12.3. The third-order valence-electron chi connectivity index (χ3n) is 3.74. The minimum atomic E-state index is -0.489. The molecule has 1 fully saturated rings. The van der Waals surface area contributed by atoms with E-state index in [0.29, 0.717) is 18.0 Å². The average molecular weight is 306 g/mol. The molecule has 0 bridgehead atoms. The molecular weight excluding hydrogens is 288 g/mol. The number of aliphatic hydroxyl groups excluding tert-OH is 1. The SMILES string of the molecule is C[C@@H](O)CN1CCN(c2ccc3ncc([N+](=O)[O-])n3n2)CC1. The van der Waals surface area contributed by atoms with Gasteiger partial charge in [0.1, 0.15) is 6.20 Å². The van der Waals surface area contributed by atoms with Crippen molar-refractivity contribution in [3.8, 4) is 0 Å². The number of aliphatic hydroxyl groups is 1. The summed E-state index contributed by atoms with van der Waals surface area (Å²) in [5.74, 6) is 0.565. The summed E-state index contributed by atoms with van der Waals surface area (Å²) < 4.78 is 1.26. The second kappa shape index (κ2) is 5.85. The largest absolute Gasteiger partial charge is 0.392 e. The molecule has 1 aliphatic heterocycles. The molecule has 0 amide bonds. The molecule has 0 aromatic carbocycles. The van der Waals surface area contributed by atoms with E-state index in [-0.39, 0.29) is 11.9 Å². The second-order valence-electron chi connectivity index (χ2n) is 5.47. The first-order chi connectivity index (χ1) is 10.5. The zero-order valence-electron chi connectivity index (χ0n) is 12.3. The van der Waals surface area contributed by atoms with Crippen molar-refractivity contribution in [2.75, 3.05) is 37.6 Å². The highest BCUT2D eigenvalue weighted by molar-refractivity contribution is 5.49. The lowest BCUT2D eigenvalue weighted by atomic mass is 10.2. The lowest BCUT2D eigenvalue weighted by Crippen LogP contribution is -2.48. The molecule has 3 rings (SSSR count). The van der Waals surface area contributed by atoms with Gasteiger partial charge < -0.3 is 20.1 Å². The van der Waals surface area contributed by atoms with Crippen molar-refractivity contribution in [2.24, 2.45) is 0 Å². The molecule has 0 saturated carbocycles. The maximum atomic E-state index is 11.0. The summed E-state index contributed by atoms with van der Waals surface area (Å²) in [6.07, 6.45) is 0.877. The molecule has 0 unspecified atom stereocenters. The van der Waals surface area contributed by atoms with Gasteiger partial charge in [0.15, 0.2) is 5.82 Å². The molecule has 118 valence electrons. The molecule has 1 N–H and O–H groups in total. The van der Waals surface area contributed by atoms with Crippen LogP contribution < -0.4 is 4.90 Å². The van der Waals surface area contributed by atoms with Crippen molar-refractivity contribution in [1.82, 2.24) is 19.5 Å². The third kappa shape index (κ3) is 2.85. The highest BCUT2D eigenvalue weighted by Crippen LogP contribution is 2.18. The predicted octanol–water partition coefficient (Wildman–Crippen LogP) is 0.140. The maximum absolute atomic E-state index is 11.0. The van der Waals surface area contributed by atoms with E-state index >= 15 is 0 Å². The van der Waals surface area contributed by atoms with Crippen LogP contribution in [0.2, 0.25) is 0 Å². The molecule has 0 spiro atoms. The predicted molar refractivity (Wildman–Crippen MR) is 80.0 cm³/mol. The fraction of sp³-hybridized carbons (Fsp3) is 0.538. The van der Waals surface area contributed by atoms with E-state index in [1.54, 1.807) is 13.0 Å². The van der Waals surface area contributed by atoms with Gasteiger partial charge in [0.2, 0.25) is 5.65 Å². The summed E-state index contributed by atoms with van der Waals surface area (Å²) in [6, 6.07) is 3.56. The molecule has 2 aromatic rings. The van der Waals surface area contributed by atoms with Gasteiger partial charge >= 0.3 is 5.82 Å². The van der Waals surface area contributed by atoms with Gasteiger partial charge in [-0.05, 0) is 17.9 Å². The van der Waals surface area contributed by atoms with Crippen LogP contribution in [0.25, 0.3) is 5.65 Å². The Kier molecular flexibility index (Phi) is 3.90. The van der Waals surface area contributed by atoms with Crippen LogP contribution in [0.4, 0.5) is 11.6 Å². The smallest absolute Gasteiger partial charge is 0.368 e. The highest BCUT2D eigenvalue weighted by Gasteiger charge is 2.22. The van der Waals surface area contributed by atoms with Crippen LogP contribution in [0.1, 0.15) is 6.92 Å². The first-order valence-electron chi connectivity index (χ1n) is 7.19. The number of aromatic nitrogens is 3. The molecule has 1 saturated heterocycles. The zero-order chi connectivity index (χ0) is 15.7. The van der Waals surface area contributed by atoms with Gasteiger partial charge in [-0.2, -0.15) is 0 Å². The van der Waals surface area contributed by atoms with Crippen LogP contribution in [0.15, 0.2) is 18.3 Å². The van der Waals surface area contributed by atoms with Gasteiger partial charge in [-0.1, -0.05) is 9.61 Å². The number of hydrogen-bond donors (Lipinski definition) is 1. The number of nitro groups is 1. The van der Waals surface area contributed by atoms with Crippen molar-refractivity contribution < 1.29 is 10.0 Å². The molecule has 9 heteroatoms. The quantitative estimate of drug-likeness (QED) is 0.633. The van der Waals surface area contributed by atoms with Gasteiger partial charge in [0.25, 0.3) is 0 Å². The number of nitrogens with zero attached hydrogens (tertiary/aromatic N) is 6. The van der Waals surface area contributed by atoms with E-state index in [0.717, 1.165) is 26.2 Å². The van der Waals surface area contributed by atoms with Crippen LogP contribution in [0.5, 0.6) is 0 Å². The van der Waals surface area contributed by atoms with Gasteiger partial charge in [-0.15, -0.1) is 0 Å². The monoisotopic (exact) mass is 306 g/mol. The van der Waals surface area contributed by atoms with Gasteiger partial charge in [-0.25, -0.2) is 4.98 Å². The lowest BCUT2D eigenvalue weighted by molar-refractivity contribution is -0.391. The minimum absolute atomic E-state index is 0.135. The van der Waals surface area contributed by atoms with E-state index in [1.807, 2.05) is 6.07 Å². The Hall–Kier alpha value is -2.26. The molecule has 3 heterocycles. The van der Waals surface area contributed by atoms with Gasteiger partial charge in [0.05, 0.1) is 6.10 Å². The normalized spacial score (nSPS) is 17.8. The molecule has 1 atom stereocenters. The first kappa shape index (κ1) is 14.7. The summed E-state index contributed by atoms with van der Waals surface area (Å²) in [7, 11) is 0. The van der Waals surface area contributed by atoms with Crippen LogP contribution in [-0.4, -0.2) is 68.4 Å². The molecule has 0 radical (unpaired) electrons. The number of fused-ring (bicyclic) bond motifs is 1. The van der Waals surface area contributed by atoms with Gasteiger partial charge in [0, 0.05) is 38.8 Å². The van der Waals surface area contributed by atoms with E-state index < -0.39 is 4.92 Å². The van der Waals surface area contributed by atoms with Crippen LogP contribution in [-0.2, 0) is 0 Å². The number of β-amino-alcohol motifs (C(OH)–C–C–N with tert-alkyl or cyclic N) is 1. The standard InChI is InChI=1S/C13H18N6O3/c1-10(20)9-16-4-6-17(7-5-16)12-3-2-11-14-8-13(19(21)22)18(11)15-12/h2-3,8,10,20H,4-7,9H2,1H3/t10-/m1/s1. The summed E-state index contributed by atoms with van der Waals surface area (Å²) in [5.41, 5.74) is 0.461. The number of rotatable bonds is 4. The van der Waals surface area contributed by atoms with Crippen molar-refractivity contribution >= 4 is 17.3 Å². The van der Waals surface area contributed by atoms with Crippen LogP contribution in [0.3, 0.4) is 0 Å². The summed E-state index contributed by atoms with van der Waals surface area (Å²) in [4.78, 5) is 18.7. The second-order valence-corrected chi connectivity index (χ2v) is 5.47. The Morgan fingerprint density at radius 2 is 2.09 bits per heavy atom. The highest BCUT2D eigenvalue weighted by atomic mass is 16.6. The Morgan fingerprint density at radius 3 is 2.73 bits per heavy atom. The summed E-state index contributed by atoms with van der Waals surface area (Å²) in [6.45, 7) is 5.64. The topological polar surface area (TPSA) is 100 Å². The third-order valence-corrected chi connectivity index (χ3v) is 3.74. The number of anilines is 1. The Labute approximate surface area is 126 Å². The average Bonchev–Trinajstić information content (AvgIpc) is 2.90. The molecule has 9 nitrogen and oxygen atoms in total. The van der Waals surface area contributed by atoms with Crippen molar-refractivity contribution in [1.29, 1.82) is 0 Å². The number of imidazole rings is 1. The molecule has 2 aromatic heterocycles. The molecule has 1 aliphatic rings. The fourth-order valence-corrected chi connectivity index (χ4v) is 2.68. The number of hydrogen-bond acceptors (Lipinski definition) is 7. The molecule has 0 aliphatic carbocycles. The maximum Gasteiger partial charge on any atom is 0.368 e. The fourth-order valence-electron chi connectivity index (χ4n) is 2.68. The van der Waals surface area contributed by atoms with Crippen LogP contribution >= 0.6 is 0 Å². The minimum Gasteiger partial charge on any atom is -0.392 e. The summed E-state index contributed by atoms with van der Waals surface area (Å²) in [5, 5.41) is 24.7. The van der Waals surface area contributed by atoms with Crippen molar-refractivity contribution in [2.45, 2.75) is 13.0 Å².